The van der Waals surface area contributed by atoms with Crippen LogP contribution in [0.5, 0.6) is 0 Å². The molecule has 0 bridgehead atoms. The van der Waals surface area contributed by atoms with Crippen molar-refractivity contribution in [3.8, 4) is 0 Å². The molecule has 2 heterocycles. The zero-order valence-corrected chi connectivity index (χ0v) is 20.7. The molecule has 1 N–H and O–H groups in total. The number of para-hydroxylation sites is 1. The number of aromatic nitrogens is 2. The molecule has 0 saturated carbocycles. The minimum atomic E-state index is 0. The Balaban J connectivity index is 0.00000320. The molecule has 1 aliphatic rings. The van der Waals surface area contributed by atoms with Gasteiger partial charge in [-0.3, -0.25) is 9.67 Å². The number of nitrogens with zero attached hydrogens (tertiary/aromatic N) is 5. The predicted molar refractivity (Wildman–Crippen MR) is 134 cm³/mol. The second-order valence-electron chi connectivity index (χ2n) is 7.45. The SMILES string of the molecule is CCNC(=NCCCCN(C)c1ccccc1)N1CCOC(c2cnn(C)c2)C1.I. The van der Waals surface area contributed by atoms with Crippen molar-refractivity contribution in [2.24, 2.45) is 12.0 Å². The lowest BCUT2D eigenvalue weighted by Gasteiger charge is -2.34. The molecule has 2 aromatic rings. The predicted octanol–water partition coefficient (Wildman–Crippen LogP) is 3.29. The summed E-state index contributed by atoms with van der Waals surface area (Å²) in [5.74, 6) is 0.987. The number of ether oxygens (including phenoxy) is 1. The van der Waals surface area contributed by atoms with Crippen LogP contribution in [0.1, 0.15) is 31.4 Å². The van der Waals surface area contributed by atoms with Gasteiger partial charge in [-0.05, 0) is 31.9 Å². The number of unbranched alkanes of at least 4 members (excludes halogenated alkanes) is 1. The van der Waals surface area contributed by atoms with E-state index in [9.17, 15) is 0 Å². The lowest BCUT2D eigenvalue weighted by atomic mass is 10.1. The number of aliphatic imine (C=N–C) groups is 1. The molecule has 0 spiro atoms. The first-order valence-corrected chi connectivity index (χ1v) is 10.6. The summed E-state index contributed by atoms with van der Waals surface area (Å²) in [6.07, 6.45) is 6.15. The van der Waals surface area contributed by atoms with Crippen molar-refractivity contribution in [2.75, 3.05) is 51.3 Å². The highest BCUT2D eigenvalue weighted by Gasteiger charge is 2.25. The number of benzene rings is 1. The molecule has 30 heavy (non-hydrogen) atoms. The van der Waals surface area contributed by atoms with Crippen molar-refractivity contribution in [1.29, 1.82) is 0 Å². The first-order valence-electron chi connectivity index (χ1n) is 10.6. The average Bonchev–Trinajstić information content (AvgIpc) is 3.19. The van der Waals surface area contributed by atoms with Crippen LogP contribution in [0.15, 0.2) is 47.7 Å². The molecule has 0 aliphatic carbocycles. The molecule has 1 aromatic heterocycles. The lowest BCUT2D eigenvalue weighted by molar-refractivity contribution is -0.00804. The molecule has 1 fully saturated rings. The van der Waals surface area contributed by atoms with Crippen LogP contribution in [0.4, 0.5) is 5.69 Å². The number of hydrogen-bond acceptors (Lipinski definition) is 4. The maximum atomic E-state index is 5.96. The highest BCUT2D eigenvalue weighted by molar-refractivity contribution is 14.0. The fraction of sp³-hybridized carbons (Fsp3) is 0.545. The third-order valence-electron chi connectivity index (χ3n) is 5.16. The number of anilines is 1. The lowest BCUT2D eigenvalue weighted by Crippen LogP contribution is -2.48. The van der Waals surface area contributed by atoms with Crippen LogP contribution in [0, 0.1) is 0 Å². The number of guanidine groups is 1. The largest absolute Gasteiger partial charge is 0.375 e. The summed E-state index contributed by atoms with van der Waals surface area (Å²) in [6.45, 7) is 7.21. The maximum absolute atomic E-state index is 5.96. The van der Waals surface area contributed by atoms with E-state index in [1.54, 1.807) is 0 Å². The summed E-state index contributed by atoms with van der Waals surface area (Å²) in [4.78, 5) is 9.48. The molecular weight excluding hydrogens is 491 g/mol. The Morgan fingerprint density at radius 1 is 1.30 bits per heavy atom. The van der Waals surface area contributed by atoms with Crippen molar-refractivity contribution in [3.63, 3.8) is 0 Å². The van der Waals surface area contributed by atoms with E-state index in [4.69, 9.17) is 9.73 Å². The fourth-order valence-corrected chi connectivity index (χ4v) is 3.53. The van der Waals surface area contributed by atoms with E-state index in [2.05, 4.69) is 64.5 Å². The molecule has 1 saturated heterocycles. The van der Waals surface area contributed by atoms with Crippen molar-refractivity contribution in [3.05, 3.63) is 48.3 Å². The number of rotatable bonds is 8. The number of hydrogen-bond donors (Lipinski definition) is 1. The molecule has 1 aliphatic heterocycles. The molecule has 166 valence electrons. The Morgan fingerprint density at radius 3 is 2.80 bits per heavy atom. The van der Waals surface area contributed by atoms with Gasteiger partial charge in [0.1, 0.15) is 6.10 Å². The summed E-state index contributed by atoms with van der Waals surface area (Å²) in [5, 5.41) is 7.72. The quantitative estimate of drug-likeness (QED) is 0.248. The first-order chi connectivity index (χ1) is 14.2. The molecule has 1 aromatic carbocycles. The molecule has 7 nitrogen and oxygen atoms in total. The topological polar surface area (TPSA) is 57.9 Å². The zero-order chi connectivity index (χ0) is 20.5. The van der Waals surface area contributed by atoms with Gasteiger partial charge in [0.15, 0.2) is 5.96 Å². The Hall–Kier alpha value is -1.81. The highest BCUT2D eigenvalue weighted by Crippen LogP contribution is 2.21. The van der Waals surface area contributed by atoms with Crippen molar-refractivity contribution in [1.82, 2.24) is 20.0 Å². The van der Waals surface area contributed by atoms with E-state index < -0.39 is 0 Å². The molecule has 1 atom stereocenters. The molecule has 1 unspecified atom stereocenters. The second kappa shape index (κ2) is 12.8. The number of aryl methyl sites for hydroxylation is 1. The summed E-state index contributed by atoms with van der Waals surface area (Å²) in [5.41, 5.74) is 2.39. The monoisotopic (exact) mass is 526 g/mol. The van der Waals surface area contributed by atoms with Gasteiger partial charge in [0.2, 0.25) is 0 Å². The van der Waals surface area contributed by atoms with Crippen LogP contribution < -0.4 is 10.2 Å². The minimum Gasteiger partial charge on any atom is -0.375 e. The highest BCUT2D eigenvalue weighted by atomic mass is 127. The van der Waals surface area contributed by atoms with E-state index in [-0.39, 0.29) is 30.1 Å². The van der Waals surface area contributed by atoms with Crippen LogP contribution in [0.3, 0.4) is 0 Å². The summed E-state index contributed by atoms with van der Waals surface area (Å²) in [7, 11) is 4.08. The molecule has 8 heteroatoms. The molecular formula is C22H35IN6O. The van der Waals surface area contributed by atoms with Gasteiger partial charge >= 0.3 is 0 Å². The summed E-state index contributed by atoms with van der Waals surface area (Å²) >= 11 is 0. The van der Waals surface area contributed by atoms with Gasteiger partial charge in [0.05, 0.1) is 19.3 Å². The summed E-state index contributed by atoms with van der Waals surface area (Å²) < 4.78 is 7.79. The standard InChI is InChI=1S/C22H34N6O.HI/c1-4-23-22(24-12-8-9-13-26(2)20-10-6-5-7-11-20)28-14-15-29-21(18-28)19-16-25-27(3)17-19;/h5-7,10-11,16-17,21H,4,8-9,12-15,18H2,1-3H3,(H,23,24);1H. The van der Waals surface area contributed by atoms with E-state index in [1.807, 2.05) is 24.1 Å². The number of morpholine rings is 1. The minimum absolute atomic E-state index is 0. The fourth-order valence-electron chi connectivity index (χ4n) is 3.53. The van der Waals surface area contributed by atoms with Crippen LogP contribution >= 0.6 is 24.0 Å². The Kier molecular flexibility index (Phi) is 10.4. The Bertz CT molecular complexity index is 766. The van der Waals surface area contributed by atoms with Gasteiger partial charge in [-0.2, -0.15) is 5.10 Å². The van der Waals surface area contributed by atoms with Gasteiger partial charge in [-0.1, -0.05) is 18.2 Å². The van der Waals surface area contributed by atoms with Gasteiger partial charge in [0.25, 0.3) is 0 Å². The normalized spacial score (nSPS) is 16.8. The van der Waals surface area contributed by atoms with E-state index in [1.165, 1.54) is 5.69 Å². The third-order valence-corrected chi connectivity index (χ3v) is 5.16. The van der Waals surface area contributed by atoms with Crippen molar-refractivity contribution < 1.29 is 4.74 Å². The first kappa shape index (κ1) is 24.5. The molecule has 0 amide bonds. The number of halogens is 1. The van der Waals surface area contributed by atoms with Gasteiger partial charge in [-0.15, -0.1) is 24.0 Å². The average molecular weight is 526 g/mol. The maximum Gasteiger partial charge on any atom is 0.194 e. The second-order valence-corrected chi connectivity index (χ2v) is 7.45. The number of nitrogens with one attached hydrogen (secondary N) is 1. The van der Waals surface area contributed by atoms with Crippen LogP contribution in [0.2, 0.25) is 0 Å². The van der Waals surface area contributed by atoms with Crippen LogP contribution in [-0.2, 0) is 11.8 Å². The van der Waals surface area contributed by atoms with Crippen molar-refractivity contribution in [2.45, 2.75) is 25.9 Å². The van der Waals surface area contributed by atoms with Gasteiger partial charge in [-0.25, -0.2) is 0 Å². The smallest absolute Gasteiger partial charge is 0.194 e. The molecule has 0 radical (unpaired) electrons. The van der Waals surface area contributed by atoms with Gasteiger partial charge < -0.3 is 19.9 Å². The van der Waals surface area contributed by atoms with E-state index >= 15 is 0 Å². The van der Waals surface area contributed by atoms with Crippen molar-refractivity contribution >= 4 is 35.6 Å². The van der Waals surface area contributed by atoms with Crippen LogP contribution in [0.25, 0.3) is 0 Å². The summed E-state index contributed by atoms with van der Waals surface area (Å²) in [6, 6.07) is 10.5. The Labute approximate surface area is 197 Å². The van der Waals surface area contributed by atoms with E-state index in [0.717, 1.165) is 57.1 Å². The zero-order valence-electron chi connectivity index (χ0n) is 18.3. The third kappa shape index (κ3) is 7.16. The Morgan fingerprint density at radius 2 is 2.10 bits per heavy atom. The van der Waals surface area contributed by atoms with Gasteiger partial charge in [0, 0.05) is 57.7 Å². The molecule has 3 rings (SSSR count). The van der Waals surface area contributed by atoms with Crippen LogP contribution in [-0.4, -0.2) is 67.0 Å². The van der Waals surface area contributed by atoms with E-state index in [0.29, 0.717) is 6.61 Å².